The van der Waals surface area contributed by atoms with Gasteiger partial charge in [-0.1, -0.05) is 27.7 Å². The zero-order chi connectivity index (χ0) is 15.2. The minimum absolute atomic E-state index is 0.502. The van der Waals surface area contributed by atoms with Crippen molar-refractivity contribution in [3.05, 3.63) is 45.7 Å². The summed E-state index contributed by atoms with van der Waals surface area (Å²) < 4.78 is 0. The lowest BCUT2D eigenvalue weighted by Crippen LogP contribution is -2.22. The van der Waals surface area contributed by atoms with Gasteiger partial charge in [0.15, 0.2) is 0 Å². The zero-order valence-electron chi connectivity index (χ0n) is 13.4. The van der Waals surface area contributed by atoms with E-state index in [1.165, 1.54) is 21.1 Å². The van der Waals surface area contributed by atoms with E-state index in [1.54, 1.807) is 0 Å². The van der Waals surface area contributed by atoms with Crippen molar-refractivity contribution in [2.24, 2.45) is 5.92 Å². The second kappa shape index (κ2) is 7.66. The Morgan fingerprint density at radius 2 is 1.86 bits per heavy atom. The Balaban J connectivity index is 2.14. The summed E-state index contributed by atoms with van der Waals surface area (Å²) >= 11 is 1.84. The Morgan fingerprint density at radius 1 is 1.14 bits per heavy atom. The van der Waals surface area contributed by atoms with E-state index in [9.17, 15) is 0 Å². The van der Waals surface area contributed by atoms with E-state index in [2.05, 4.69) is 50.1 Å². The molecular weight excluding hydrogens is 278 g/mol. The van der Waals surface area contributed by atoms with E-state index in [4.69, 9.17) is 4.98 Å². The molecule has 0 aliphatic heterocycles. The molecule has 0 radical (unpaired) electrons. The summed E-state index contributed by atoms with van der Waals surface area (Å²) in [5, 5.41) is 4.72. The molecule has 0 saturated carbocycles. The molecule has 0 fully saturated rings. The van der Waals surface area contributed by atoms with Crippen molar-refractivity contribution < 1.29 is 0 Å². The van der Waals surface area contributed by atoms with Crippen molar-refractivity contribution in [2.75, 3.05) is 0 Å². The fourth-order valence-electron chi connectivity index (χ4n) is 2.17. The smallest absolute Gasteiger partial charge is 0.0975 e. The minimum atomic E-state index is 0.502. The third-order valence-electron chi connectivity index (χ3n) is 3.20. The van der Waals surface area contributed by atoms with E-state index in [1.807, 2.05) is 23.7 Å². The molecule has 2 aromatic rings. The van der Waals surface area contributed by atoms with Gasteiger partial charge in [0.05, 0.1) is 10.7 Å². The molecule has 3 nitrogen and oxygen atoms in total. The molecule has 114 valence electrons. The minimum Gasteiger partial charge on any atom is -0.310 e. The topological polar surface area (TPSA) is 37.8 Å². The van der Waals surface area contributed by atoms with Gasteiger partial charge in [0, 0.05) is 36.3 Å². The van der Waals surface area contributed by atoms with Crippen LogP contribution in [0.3, 0.4) is 0 Å². The molecule has 0 aliphatic carbocycles. The number of nitrogens with one attached hydrogen (secondary N) is 1. The molecule has 2 aromatic heterocycles. The Bertz CT molecular complexity index is 546. The van der Waals surface area contributed by atoms with Crippen molar-refractivity contribution in [3.63, 3.8) is 0 Å². The Morgan fingerprint density at radius 3 is 2.48 bits per heavy atom. The average molecular weight is 303 g/mol. The summed E-state index contributed by atoms with van der Waals surface area (Å²) in [7, 11) is 0. The highest BCUT2D eigenvalue weighted by molar-refractivity contribution is 7.11. The zero-order valence-corrected chi connectivity index (χ0v) is 14.2. The molecular formula is C17H25N3S. The average Bonchev–Trinajstić information content (AvgIpc) is 2.78. The van der Waals surface area contributed by atoms with Crippen molar-refractivity contribution in [3.8, 4) is 0 Å². The molecule has 0 aliphatic rings. The Kier molecular flexibility index (Phi) is 5.88. The number of aromatic nitrogens is 2. The second-order valence-electron chi connectivity index (χ2n) is 6.14. The van der Waals surface area contributed by atoms with Crippen LogP contribution in [0.5, 0.6) is 0 Å². The lowest BCUT2D eigenvalue weighted by Gasteiger charge is -2.08. The Labute approximate surface area is 131 Å². The molecule has 0 spiro atoms. The fraction of sp³-hybridized carbons (Fsp3) is 0.529. The number of pyridine rings is 1. The number of nitrogens with zero attached hydrogens (tertiary/aromatic N) is 2. The van der Waals surface area contributed by atoms with E-state index >= 15 is 0 Å². The van der Waals surface area contributed by atoms with Crippen LogP contribution in [0.1, 0.15) is 48.8 Å². The van der Waals surface area contributed by atoms with Gasteiger partial charge >= 0.3 is 0 Å². The second-order valence-corrected chi connectivity index (χ2v) is 7.31. The highest BCUT2D eigenvalue weighted by Crippen LogP contribution is 2.23. The number of hydrogen-bond acceptors (Lipinski definition) is 4. The summed E-state index contributed by atoms with van der Waals surface area (Å²) in [5.41, 5.74) is 2.55. The van der Waals surface area contributed by atoms with Gasteiger partial charge in [-0.3, -0.25) is 4.98 Å². The van der Waals surface area contributed by atoms with Crippen molar-refractivity contribution in [1.82, 2.24) is 15.3 Å². The largest absolute Gasteiger partial charge is 0.310 e. The maximum absolute atomic E-state index is 4.88. The van der Waals surface area contributed by atoms with Crippen LogP contribution in [-0.4, -0.2) is 16.0 Å². The molecule has 0 aromatic carbocycles. The molecule has 0 bridgehead atoms. The summed E-state index contributed by atoms with van der Waals surface area (Å²) in [5.74, 6) is 0.638. The first-order valence-electron chi connectivity index (χ1n) is 7.64. The first kappa shape index (κ1) is 16.1. The predicted octanol–water partition coefficient (Wildman–Crippen LogP) is 3.83. The lowest BCUT2D eigenvalue weighted by atomic mass is 10.1. The van der Waals surface area contributed by atoms with Gasteiger partial charge in [-0.05, 0) is 30.0 Å². The van der Waals surface area contributed by atoms with E-state index in [-0.39, 0.29) is 0 Å². The molecule has 1 N–H and O–H groups in total. The lowest BCUT2D eigenvalue weighted by molar-refractivity contribution is 0.581. The first-order chi connectivity index (χ1) is 10.0. The van der Waals surface area contributed by atoms with E-state index < -0.39 is 0 Å². The summed E-state index contributed by atoms with van der Waals surface area (Å²) in [6, 6.07) is 4.63. The van der Waals surface area contributed by atoms with Crippen LogP contribution in [0.4, 0.5) is 0 Å². The normalized spacial score (nSPS) is 11.5. The first-order valence-corrected chi connectivity index (χ1v) is 8.46. The summed E-state index contributed by atoms with van der Waals surface area (Å²) in [6.45, 7) is 9.79. The molecule has 21 heavy (non-hydrogen) atoms. The van der Waals surface area contributed by atoms with Gasteiger partial charge in [0.1, 0.15) is 0 Å². The van der Waals surface area contributed by atoms with E-state index in [0.29, 0.717) is 12.0 Å². The monoisotopic (exact) mass is 303 g/mol. The van der Waals surface area contributed by atoms with Gasteiger partial charge in [0.25, 0.3) is 0 Å². The van der Waals surface area contributed by atoms with Crippen LogP contribution in [0.15, 0.2) is 24.5 Å². The fourth-order valence-corrected chi connectivity index (χ4v) is 3.25. The molecule has 0 atom stereocenters. The molecule has 4 heteroatoms. The van der Waals surface area contributed by atoms with Gasteiger partial charge < -0.3 is 5.32 Å². The standard InChI is InChI=1S/C17H25N3S/c1-12(2)9-15-16(11-19-13(3)4)21-17(20-15)10-14-5-7-18-8-6-14/h5-8,12-13,19H,9-11H2,1-4H3. The van der Waals surface area contributed by atoms with Crippen molar-refractivity contribution >= 4 is 11.3 Å². The van der Waals surface area contributed by atoms with Crippen molar-refractivity contribution in [2.45, 2.75) is 53.1 Å². The van der Waals surface area contributed by atoms with Crippen LogP contribution in [-0.2, 0) is 19.4 Å². The molecule has 2 heterocycles. The molecule has 2 rings (SSSR count). The van der Waals surface area contributed by atoms with Gasteiger partial charge in [-0.2, -0.15) is 0 Å². The van der Waals surface area contributed by atoms with Crippen LogP contribution >= 0.6 is 11.3 Å². The van der Waals surface area contributed by atoms with Gasteiger partial charge in [-0.25, -0.2) is 4.98 Å². The van der Waals surface area contributed by atoms with Crippen molar-refractivity contribution in [1.29, 1.82) is 0 Å². The molecule has 0 unspecified atom stereocenters. The van der Waals surface area contributed by atoms with Crippen LogP contribution < -0.4 is 5.32 Å². The third kappa shape index (κ3) is 5.21. The van der Waals surface area contributed by atoms with Gasteiger partial charge in [0.2, 0.25) is 0 Å². The SMILES string of the molecule is CC(C)Cc1nc(Cc2ccncc2)sc1CNC(C)C. The summed E-state index contributed by atoms with van der Waals surface area (Å²) in [4.78, 5) is 10.3. The van der Waals surface area contributed by atoms with Crippen LogP contribution in [0.2, 0.25) is 0 Å². The number of thiazole rings is 1. The molecule has 0 amide bonds. The maximum Gasteiger partial charge on any atom is 0.0975 e. The van der Waals surface area contributed by atoms with Crippen LogP contribution in [0, 0.1) is 5.92 Å². The summed E-state index contributed by atoms with van der Waals surface area (Å²) in [6.07, 6.45) is 5.65. The van der Waals surface area contributed by atoms with Crippen LogP contribution in [0.25, 0.3) is 0 Å². The maximum atomic E-state index is 4.88. The Hall–Kier alpha value is -1.26. The highest BCUT2D eigenvalue weighted by Gasteiger charge is 2.13. The van der Waals surface area contributed by atoms with Gasteiger partial charge in [-0.15, -0.1) is 11.3 Å². The molecule has 0 saturated heterocycles. The number of rotatable bonds is 7. The van der Waals surface area contributed by atoms with E-state index in [0.717, 1.165) is 19.4 Å². The third-order valence-corrected chi connectivity index (χ3v) is 4.30. The quantitative estimate of drug-likeness (QED) is 0.845. The highest BCUT2D eigenvalue weighted by atomic mass is 32.1. The number of hydrogen-bond donors (Lipinski definition) is 1. The predicted molar refractivity (Wildman–Crippen MR) is 89.7 cm³/mol.